The molecule has 96 valence electrons. The smallest absolute Gasteiger partial charge is 0.191 e. The Bertz CT molecular complexity index is 504. The Kier molecular flexibility index (Phi) is 4.35. The van der Waals surface area contributed by atoms with Gasteiger partial charge in [-0.2, -0.15) is 0 Å². The third-order valence-corrected chi connectivity index (χ3v) is 3.43. The molecule has 0 spiro atoms. The summed E-state index contributed by atoms with van der Waals surface area (Å²) in [5, 5.41) is 6.43. The lowest BCUT2D eigenvalue weighted by Crippen LogP contribution is -2.36. The summed E-state index contributed by atoms with van der Waals surface area (Å²) in [6.07, 6.45) is 1.66. The first-order valence-electron chi connectivity index (χ1n) is 5.65. The van der Waals surface area contributed by atoms with Crippen molar-refractivity contribution in [2.24, 2.45) is 4.99 Å². The average molecular weight is 264 g/mol. The van der Waals surface area contributed by atoms with Crippen LogP contribution in [0.3, 0.4) is 0 Å². The lowest BCUT2D eigenvalue weighted by molar-refractivity contribution is 0.501. The second-order valence-corrected chi connectivity index (χ2v) is 4.66. The number of furan rings is 1. The maximum atomic E-state index is 5.24. The summed E-state index contributed by atoms with van der Waals surface area (Å²) >= 11 is 1.64. The van der Waals surface area contributed by atoms with E-state index in [-0.39, 0.29) is 0 Å². The topological polar surface area (TPSA) is 62.5 Å². The summed E-state index contributed by atoms with van der Waals surface area (Å²) < 4.78 is 5.24. The van der Waals surface area contributed by atoms with Crippen LogP contribution in [0.25, 0.3) is 0 Å². The summed E-state index contributed by atoms with van der Waals surface area (Å²) in [7, 11) is 1.75. The van der Waals surface area contributed by atoms with Gasteiger partial charge < -0.3 is 15.1 Å². The van der Waals surface area contributed by atoms with E-state index in [1.165, 1.54) is 4.88 Å². The van der Waals surface area contributed by atoms with Crippen LogP contribution in [-0.2, 0) is 13.1 Å². The van der Waals surface area contributed by atoms with Gasteiger partial charge in [-0.3, -0.25) is 4.99 Å². The summed E-state index contributed by atoms with van der Waals surface area (Å²) in [6.45, 7) is 3.36. The SMILES string of the molecule is CN=C(NCc1ccco1)NCc1scnc1C. The van der Waals surface area contributed by atoms with E-state index in [0.29, 0.717) is 6.54 Å². The Balaban J connectivity index is 1.81. The number of thiazole rings is 1. The molecule has 6 heteroatoms. The van der Waals surface area contributed by atoms with Gasteiger partial charge in [-0.25, -0.2) is 4.98 Å². The molecule has 0 aliphatic heterocycles. The van der Waals surface area contributed by atoms with Crippen LogP contribution in [0, 0.1) is 6.92 Å². The normalized spacial score (nSPS) is 11.6. The highest BCUT2D eigenvalue weighted by Gasteiger charge is 2.03. The minimum Gasteiger partial charge on any atom is -0.467 e. The Morgan fingerprint density at radius 1 is 1.44 bits per heavy atom. The minimum absolute atomic E-state index is 0.619. The van der Waals surface area contributed by atoms with Crippen LogP contribution in [0.1, 0.15) is 16.3 Å². The van der Waals surface area contributed by atoms with Crippen molar-refractivity contribution in [1.82, 2.24) is 15.6 Å². The summed E-state index contributed by atoms with van der Waals surface area (Å²) in [5.41, 5.74) is 2.92. The Morgan fingerprint density at radius 2 is 2.28 bits per heavy atom. The molecule has 2 heterocycles. The Labute approximate surface area is 110 Å². The molecule has 0 aliphatic carbocycles. The zero-order valence-corrected chi connectivity index (χ0v) is 11.3. The Morgan fingerprint density at radius 3 is 2.89 bits per heavy atom. The van der Waals surface area contributed by atoms with Gasteiger partial charge in [0.2, 0.25) is 0 Å². The fourth-order valence-corrected chi connectivity index (χ4v) is 2.18. The molecule has 0 atom stereocenters. The number of rotatable bonds is 4. The van der Waals surface area contributed by atoms with Crippen LogP contribution in [-0.4, -0.2) is 18.0 Å². The molecule has 0 saturated heterocycles. The van der Waals surface area contributed by atoms with Crippen molar-refractivity contribution >= 4 is 17.3 Å². The van der Waals surface area contributed by atoms with Gasteiger partial charge in [0.1, 0.15) is 5.76 Å². The third kappa shape index (κ3) is 3.33. The zero-order valence-electron chi connectivity index (χ0n) is 10.4. The van der Waals surface area contributed by atoms with Crippen LogP contribution in [0.15, 0.2) is 33.3 Å². The van der Waals surface area contributed by atoms with Crippen molar-refractivity contribution < 1.29 is 4.42 Å². The van der Waals surface area contributed by atoms with Crippen LogP contribution in [0.2, 0.25) is 0 Å². The van der Waals surface area contributed by atoms with E-state index < -0.39 is 0 Å². The van der Waals surface area contributed by atoms with Crippen molar-refractivity contribution in [2.45, 2.75) is 20.0 Å². The monoisotopic (exact) mass is 264 g/mol. The largest absolute Gasteiger partial charge is 0.467 e. The van der Waals surface area contributed by atoms with Gasteiger partial charge >= 0.3 is 0 Å². The number of nitrogens with zero attached hydrogens (tertiary/aromatic N) is 2. The predicted molar refractivity (Wildman–Crippen MR) is 72.6 cm³/mol. The van der Waals surface area contributed by atoms with Crippen molar-refractivity contribution in [3.05, 3.63) is 40.2 Å². The molecule has 2 rings (SSSR count). The molecule has 0 saturated carbocycles. The van der Waals surface area contributed by atoms with Gasteiger partial charge in [0.25, 0.3) is 0 Å². The predicted octanol–water partition coefficient (Wildman–Crippen LogP) is 1.91. The zero-order chi connectivity index (χ0) is 12.8. The molecule has 18 heavy (non-hydrogen) atoms. The average Bonchev–Trinajstić information content (AvgIpc) is 3.01. The van der Waals surface area contributed by atoms with Crippen LogP contribution in [0.5, 0.6) is 0 Å². The van der Waals surface area contributed by atoms with Crippen molar-refractivity contribution in [3.8, 4) is 0 Å². The molecule has 0 amide bonds. The lowest BCUT2D eigenvalue weighted by atomic mass is 10.4. The van der Waals surface area contributed by atoms with Gasteiger partial charge in [-0.05, 0) is 19.1 Å². The highest BCUT2D eigenvalue weighted by Crippen LogP contribution is 2.10. The number of guanidine groups is 1. The maximum absolute atomic E-state index is 5.24. The van der Waals surface area contributed by atoms with Crippen LogP contribution < -0.4 is 10.6 Å². The van der Waals surface area contributed by atoms with Gasteiger partial charge in [0.05, 0.1) is 30.6 Å². The molecule has 0 aliphatic rings. The fraction of sp³-hybridized carbons (Fsp3) is 0.333. The molecule has 0 fully saturated rings. The van der Waals surface area contributed by atoms with Crippen LogP contribution >= 0.6 is 11.3 Å². The highest BCUT2D eigenvalue weighted by atomic mass is 32.1. The summed E-state index contributed by atoms with van der Waals surface area (Å²) in [5.74, 6) is 1.63. The molecule has 5 nitrogen and oxygen atoms in total. The lowest BCUT2D eigenvalue weighted by Gasteiger charge is -2.10. The van der Waals surface area contributed by atoms with Crippen molar-refractivity contribution in [3.63, 3.8) is 0 Å². The first kappa shape index (κ1) is 12.6. The van der Waals surface area contributed by atoms with E-state index in [1.54, 1.807) is 24.6 Å². The minimum atomic E-state index is 0.619. The number of hydrogen-bond acceptors (Lipinski definition) is 4. The molecule has 2 N–H and O–H groups in total. The van der Waals surface area contributed by atoms with Gasteiger partial charge in [0.15, 0.2) is 5.96 Å². The number of aromatic nitrogens is 1. The van der Waals surface area contributed by atoms with E-state index in [9.17, 15) is 0 Å². The second kappa shape index (κ2) is 6.20. The number of nitrogens with one attached hydrogen (secondary N) is 2. The third-order valence-electron chi connectivity index (χ3n) is 2.50. The number of aryl methyl sites for hydroxylation is 1. The van der Waals surface area contributed by atoms with E-state index in [4.69, 9.17) is 4.42 Å². The van der Waals surface area contributed by atoms with Crippen LogP contribution in [0.4, 0.5) is 0 Å². The molecule has 0 aromatic carbocycles. The number of hydrogen-bond donors (Lipinski definition) is 2. The molecular formula is C12H16N4OS. The van der Waals surface area contributed by atoms with E-state index in [1.807, 2.05) is 24.6 Å². The van der Waals surface area contributed by atoms with E-state index >= 15 is 0 Å². The fourth-order valence-electron chi connectivity index (χ4n) is 1.46. The molecule has 2 aromatic rings. The van der Waals surface area contributed by atoms with Gasteiger partial charge in [0, 0.05) is 11.9 Å². The molecule has 0 unspecified atom stereocenters. The Hall–Kier alpha value is -1.82. The summed E-state index contributed by atoms with van der Waals surface area (Å²) in [4.78, 5) is 9.58. The summed E-state index contributed by atoms with van der Waals surface area (Å²) in [6, 6.07) is 3.79. The molecule has 0 radical (unpaired) electrons. The maximum Gasteiger partial charge on any atom is 0.191 e. The highest BCUT2D eigenvalue weighted by molar-refractivity contribution is 7.09. The molecule has 0 bridgehead atoms. The first-order valence-corrected chi connectivity index (χ1v) is 6.53. The van der Waals surface area contributed by atoms with E-state index in [0.717, 1.165) is 24.0 Å². The van der Waals surface area contributed by atoms with Crippen molar-refractivity contribution in [2.75, 3.05) is 7.05 Å². The van der Waals surface area contributed by atoms with Crippen molar-refractivity contribution in [1.29, 1.82) is 0 Å². The standard InChI is InChI=1S/C12H16N4OS/c1-9-11(18-8-16-9)7-15-12(13-2)14-6-10-4-3-5-17-10/h3-5,8H,6-7H2,1-2H3,(H2,13,14,15). The van der Waals surface area contributed by atoms with Gasteiger partial charge in [-0.15, -0.1) is 11.3 Å². The van der Waals surface area contributed by atoms with E-state index in [2.05, 4.69) is 20.6 Å². The second-order valence-electron chi connectivity index (χ2n) is 3.72. The van der Waals surface area contributed by atoms with Gasteiger partial charge in [-0.1, -0.05) is 0 Å². The molecular weight excluding hydrogens is 248 g/mol. The first-order chi connectivity index (χ1) is 8.79. The quantitative estimate of drug-likeness (QED) is 0.654. The molecule has 2 aromatic heterocycles. The number of aliphatic imine (C=N–C) groups is 1.